The predicted molar refractivity (Wildman–Crippen MR) is 100 cm³/mol. The Morgan fingerprint density at radius 1 is 1.14 bits per heavy atom. The van der Waals surface area contributed by atoms with Crippen molar-refractivity contribution in [3.63, 3.8) is 0 Å². The van der Waals surface area contributed by atoms with Crippen LogP contribution in [0.2, 0.25) is 0 Å². The summed E-state index contributed by atoms with van der Waals surface area (Å²) in [7, 11) is 2.54. The molecular formula is C19H18N2O8. The molecule has 1 amide bonds. The number of hydrogen-bond acceptors (Lipinski definition) is 7. The number of rotatable bonds is 8. The van der Waals surface area contributed by atoms with Crippen molar-refractivity contribution >= 4 is 23.5 Å². The third-order valence-electron chi connectivity index (χ3n) is 4.05. The van der Waals surface area contributed by atoms with Crippen molar-refractivity contribution in [1.82, 2.24) is 5.32 Å². The first-order valence-electron chi connectivity index (χ1n) is 8.30. The van der Waals surface area contributed by atoms with E-state index in [-0.39, 0.29) is 34.5 Å². The minimum atomic E-state index is -1.39. The number of benzene rings is 2. The molecule has 0 unspecified atom stereocenters. The van der Waals surface area contributed by atoms with Crippen LogP contribution >= 0.6 is 0 Å². The number of aliphatic carboxylic acids is 1. The molecule has 2 N–H and O–H groups in total. The van der Waals surface area contributed by atoms with E-state index in [1.165, 1.54) is 56.7 Å². The largest absolute Gasteiger partial charge is 0.496 e. The molecule has 29 heavy (non-hydrogen) atoms. The Morgan fingerprint density at radius 3 is 2.41 bits per heavy atom. The van der Waals surface area contributed by atoms with Gasteiger partial charge in [-0.25, -0.2) is 9.59 Å². The van der Waals surface area contributed by atoms with E-state index in [0.717, 1.165) is 0 Å². The number of carboxylic acids is 1. The quantitative estimate of drug-likeness (QED) is 0.386. The predicted octanol–water partition coefficient (Wildman–Crippen LogP) is 1.82. The van der Waals surface area contributed by atoms with E-state index in [1.54, 1.807) is 0 Å². The minimum Gasteiger partial charge on any atom is -0.496 e. The maximum absolute atomic E-state index is 12.5. The van der Waals surface area contributed by atoms with Gasteiger partial charge in [0.05, 0.1) is 24.7 Å². The Hall–Kier alpha value is -3.95. The van der Waals surface area contributed by atoms with Gasteiger partial charge in [-0.1, -0.05) is 6.07 Å². The average Bonchev–Trinajstić information content (AvgIpc) is 2.72. The summed E-state index contributed by atoms with van der Waals surface area (Å²) in [5.41, 5.74) is 0.206. The number of hydrogen-bond donors (Lipinski definition) is 2. The fourth-order valence-electron chi connectivity index (χ4n) is 2.60. The number of carbonyl (C=O) groups is 3. The Kier molecular flexibility index (Phi) is 6.85. The van der Waals surface area contributed by atoms with Crippen LogP contribution in [0.1, 0.15) is 26.3 Å². The van der Waals surface area contributed by atoms with Crippen molar-refractivity contribution < 1.29 is 33.9 Å². The van der Waals surface area contributed by atoms with Crippen molar-refractivity contribution in [3.05, 3.63) is 69.3 Å². The van der Waals surface area contributed by atoms with Gasteiger partial charge in [-0.15, -0.1) is 0 Å². The smallest absolute Gasteiger partial charge is 0.337 e. The highest BCUT2D eigenvalue weighted by Crippen LogP contribution is 2.25. The summed E-state index contributed by atoms with van der Waals surface area (Å²) in [5, 5.41) is 22.8. The van der Waals surface area contributed by atoms with Gasteiger partial charge in [-0.3, -0.25) is 14.9 Å². The molecule has 0 spiro atoms. The highest BCUT2D eigenvalue weighted by molar-refractivity contribution is 5.99. The number of nitro groups is 1. The van der Waals surface area contributed by atoms with Gasteiger partial charge in [-0.05, 0) is 24.3 Å². The summed E-state index contributed by atoms with van der Waals surface area (Å²) in [6.45, 7) is 0. The highest BCUT2D eigenvalue weighted by atomic mass is 16.6. The number of nitrogens with zero attached hydrogens (tertiary/aromatic N) is 1. The van der Waals surface area contributed by atoms with Crippen LogP contribution in [0.25, 0.3) is 0 Å². The molecule has 0 aliphatic rings. The molecule has 1 atom stereocenters. The van der Waals surface area contributed by atoms with Crippen molar-refractivity contribution in [2.45, 2.75) is 12.5 Å². The molecule has 0 fully saturated rings. The van der Waals surface area contributed by atoms with E-state index in [0.29, 0.717) is 0 Å². The lowest BCUT2D eigenvalue weighted by Gasteiger charge is -2.16. The van der Waals surface area contributed by atoms with Crippen molar-refractivity contribution in [1.29, 1.82) is 0 Å². The fourth-order valence-corrected chi connectivity index (χ4v) is 2.60. The van der Waals surface area contributed by atoms with Crippen molar-refractivity contribution in [2.24, 2.45) is 0 Å². The van der Waals surface area contributed by atoms with Crippen LogP contribution in [0.3, 0.4) is 0 Å². The van der Waals surface area contributed by atoms with Crippen molar-refractivity contribution in [3.8, 4) is 5.75 Å². The fraction of sp³-hybridized carbons (Fsp3) is 0.211. The Balaban J connectivity index is 2.26. The molecule has 0 aliphatic carbocycles. The Morgan fingerprint density at radius 2 is 1.83 bits per heavy atom. The van der Waals surface area contributed by atoms with Gasteiger partial charge >= 0.3 is 11.9 Å². The molecule has 0 bridgehead atoms. The molecule has 10 heteroatoms. The van der Waals surface area contributed by atoms with Gasteiger partial charge in [0.25, 0.3) is 11.6 Å². The number of ether oxygens (including phenoxy) is 2. The van der Waals surface area contributed by atoms with E-state index in [4.69, 9.17) is 4.74 Å². The zero-order valence-corrected chi connectivity index (χ0v) is 15.6. The molecule has 0 aromatic heterocycles. The lowest BCUT2D eigenvalue weighted by molar-refractivity contribution is -0.384. The summed E-state index contributed by atoms with van der Waals surface area (Å²) >= 11 is 0. The minimum absolute atomic E-state index is 0.0603. The summed E-state index contributed by atoms with van der Waals surface area (Å²) in [4.78, 5) is 46.1. The molecule has 0 heterocycles. The van der Waals surface area contributed by atoms with Crippen LogP contribution in [-0.4, -0.2) is 48.1 Å². The molecular weight excluding hydrogens is 384 g/mol. The zero-order valence-electron chi connectivity index (χ0n) is 15.6. The monoisotopic (exact) mass is 402 g/mol. The first kappa shape index (κ1) is 21.4. The number of nitrogens with one attached hydrogen (secondary N) is 1. The van der Waals surface area contributed by atoms with Gasteiger partial charge in [0.2, 0.25) is 0 Å². The maximum atomic E-state index is 12.5. The van der Waals surface area contributed by atoms with E-state index in [2.05, 4.69) is 10.1 Å². The number of carboxylic acid groups (broad SMARTS) is 1. The first-order valence-corrected chi connectivity index (χ1v) is 8.30. The lowest BCUT2D eigenvalue weighted by Crippen LogP contribution is -2.42. The number of non-ortho nitro benzene ring substituents is 1. The molecule has 0 saturated heterocycles. The standard InChI is InChI=1S/C19H18N2O8/c1-28-16-7-6-14(21(26)27)9-13(16)10-15(18(23)24)20-17(22)11-4-3-5-12(8-11)19(25)29-2/h3-9,15H,10H2,1-2H3,(H,20,22)(H,23,24)/t15-/m0/s1. The van der Waals surface area contributed by atoms with Crippen molar-refractivity contribution in [2.75, 3.05) is 14.2 Å². The summed E-state index contributed by atoms with van der Waals surface area (Å²) < 4.78 is 9.72. The third kappa shape index (κ3) is 5.28. The molecule has 0 radical (unpaired) electrons. The van der Waals surface area contributed by atoms with Gasteiger partial charge in [0.1, 0.15) is 11.8 Å². The number of esters is 1. The Bertz CT molecular complexity index is 957. The number of carbonyl (C=O) groups excluding carboxylic acids is 2. The molecule has 2 rings (SSSR count). The lowest BCUT2D eigenvalue weighted by atomic mass is 10.0. The Labute approximate surface area is 165 Å². The van der Waals surface area contributed by atoms with E-state index >= 15 is 0 Å². The van der Waals surface area contributed by atoms with Gasteiger partial charge in [0, 0.05) is 29.7 Å². The molecule has 152 valence electrons. The van der Waals surface area contributed by atoms with Crippen LogP contribution < -0.4 is 10.1 Å². The second-order valence-electron chi connectivity index (χ2n) is 5.89. The summed E-state index contributed by atoms with van der Waals surface area (Å²) in [6, 6.07) is 7.98. The topological polar surface area (TPSA) is 145 Å². The van der Waals surface area contributed by atoms with Crippen LogP contribution in [0, 0.1) is 10.1 Å². The van der Waals surface area contributed by atoms with Gasteiger partial charge in [0.15, 0.2) is 0 Å². The van der Waals surface area contributed by atoms with Crippen LogP contribution in [0.5, 0.6) is 5.75 Å². The molecule has 0 saturated carbocycles. The molecule has 2 aromatic carbocycles. The maximum Gasteiger partial charge on any atom is 0.337 e. The number of methoxy groups -OCH3 is 2. The zero-order chi connectivity index (χ0) is 21.6. The molecule has 0 aliphatic heterocycles. The van der Waals surface area contributed by atoms with Crippen LogP contribution in [-0.2, 0) is 16.0 Å². The van der Waals surface area contributed by atoms with E-state index in [1.807, 2.05) is 0 Å². The highest BCUT2D eigenvalue weighted by Gasteiger charge is 2.24. The second-order valence-corrected chi connectivity index (χ2v) is 5.89. The second kappa shape index (κ2) is 9.31. The number of nitro benzene ring substituents is 1. The van der Waals surface area contributed by atoms with Gasteiger partial charge in [-0.2, -0.15) is 0 Å². The molecule has 2 aromatic rings. The summed E-state index contributed by atoms with van der Waals surface area (Å²) in [5.74, 6) is -2.46. The molecule has 10 nitrogen and oxygen atoms in total. The van der Waals surface area contributed by atoms with E-state index in [9.17, 15) is 29.6 Å². The first-order chi connectivity index (χ1) is 13.8. The van der Waals surface area contributed by atoms with Crippen LogP contribution in [0.15, 0.2) is 42.5 Å². The van der Waals surface area contributed by atoms with E-state index < -0.39 is 28.8 Å². The number of amides is 1. The average molecular weight is 402 g/mol. The SMILES string of the molecule is COC(=O)c1cccc(C(=O)N[C@@H](Cc2cc([N+](=O)[O-])ccc2OC)C(=O)O)c1. The normalized spacial score (nSPS) is 11.2. The third-order valence-corrected chi connectivity index (χ3v) is 4.05. The van der Waals surface area contributed by atoms with Crippen LogP contribution in [0.4, 0.5) is 5.69 Å². The van der Waals surface area contributed by atoms with Gasteiger partial charge < -0.3 is 19.9 Å². The summed E-state index contributed by atoms with van der Waals surface area (Å²) in [6.07, 6.45) is -0.247.